The molecule has 10 heteroatoms. The topological polar surface area (TPSA) is 132 Å². The summed E-state index contributed by atoms with van der Waals surface area (Å²) in [5, 5.41) is 0. The van der Waals surface area contributed by atoms with Crippen LogP contribution >= 0.6 is 0 Å². The average Bonchev–Trinajstić information content (AvgIpc) is 3.12. The van der Waals surface area contributed by atoms with Crippen molar-refractivity contribution in [3.8, 4) is 59.2 Å². The minimum Gasteiger partial charge on any atom is -0.443 e. The Hall–Kier alpha value is -6.15. The Bertz CT molecular complexity index is 2020. The van der Waals surface area contributed by atoms with Crippen molar-refractivity contribution in [1.29, 1.82) is 0 Å². The zero-order valence-electron chi connectivity index (χ0n) is 44.0. The Morgan fingerprint density at radius 1 is 0.477 bits per heavy atom. The highest BCUT2D eigenvalue weighted by atomic mass is 16.6. The highest BCUT2D eigenvalue weighted by molar-refractivity contribution is 5.88. The molecule has 0 aliphatic rings. The molecule has 0 unspecified atom stereocenters. The number of carbonyl (C=O) groups excluding carboxylic acids is 5. The Morgan fingerprint density at radius 2 is 0.754 bits per heavy atom. The molecule has 0 saturated heterocycles. The van der Waals surface area contributed by atoms with Gasteiger partial charge in [-0.25, -0.2) is 24.0 Å². The molecule has 0 aliphatic heterocycles. The monoisotopic (exact) mass is 901 g/mol. The zero-order chi connectivity index (χ0) is 52.8. The third-order valence-corrected chi connectivity index (χ3v) is 6.13. The van der Waals surface area contributed by atoms with Gasteiger partial charge in [-0.15, -0.1) is 11.8 Å². The first-order valence-electron chi connectivity index (χ1n) is 20.9. The van der Waals surface area contributed by atoms with Crippen molar-refractivity contribution >= 4 is 29.8 Å². The van der Waals surface area contributed by atoms with Crippen LogP contribution in [0.1, 0.15) is 159 Å². The molecule has 0 bridgehead atoms. The number of hydrogen-bond donors (Lipinski definition) is 0. The second kappa shape index (κ2) is 31.7. The Labute approximate surface area is 394 Å². The summed E-state index contributed by atoms with van der Waals surface area (Å²) in [5.41, 5.74) is -2.16. The van der Waals surface area contributed by atoms with Crippen LogP contribution in [0.15, 0.2) is 61.3 Å². The van der Waals surface area contributed by atoms with Gasteiger partial charge in [0, 0.05) is 46.1 Å². The number of carbonyl (C=O) groups is 5. The van der Waals surface area contributed by atoms with E-state index in [1.54, 1.807) is 111 Å². The van der Waals surface area contributed by atoms with E-state index in [0.29, 0.717) is 22.3 Å². The van der Waals surface area contributed by atoms with Crippen molar-refractivity contribution in [3.05, 3.63) is 61.3 Å². The molecule has 0 saturated carbocycles. The molecule has 0 aromatic heterocycles. The second-order valence-corrected chi connectivity index (χ2v) is 18.2. The maximum Gasteiger partial charge on any atom is 0.334 e. The van der Waals surface area contributed by atoms with E-state index in [1.165, 1.54) is 0 Å². The van der Waals surface area contributed by atoms with Gasteiger partial charge in [-0.05, 0) is 132 Å². The van der Waals surface area contributed by atoms with Crippen LogP contribution < -0.4 is 0 Å². The smallest absolute Gasteiger partial charge is 0.334 e. The fourth-order valence-corrected chi connectivity index (χ4v) is 3.26. The van der Waals surface area contributed by atoms with E-state index >= 15 is 0 Å². The molecule has 0 fully saturated rings. The summed E-state index contributed by atoms with van der Waals surface area (Å²) in [4.78, 5) is 55.4. The van der Waals surface area contributed by atoms with E-state index in [9.17, 15) is 24.0 Å². The lowest BCUT2D eigenvalue weighted by Gasteiger charge is -2.20. The summed E-state index contributed by atoms with van der Waals surface area (Å²) in [6.45, 7) is 56.7. The largest absolute Gasteiger partial charge is 0.443 e. The molecule has 360 valence electrons. The summed E-state index contributed by atoms with van der Waals surface area (Å²) < 4.78 is 25.3. The summed E-state index contributed by atoms with van der Waals surface area (Å²) >= 11 is 0. The van der Waals surface area contributed by atoms with Gasteiger partial charge in [0.2, 0.25) is 0 Å². The van der Waals surface area contributed by atoms with Crippen LogP contribution in [0.5, 0.6) is 0 Å². The molecular weight excluding hydrogens is 821 g/mol. The standard InChI is InChI=1S/C13H20O2.C12H18O2.C11H16O2.C10H14O2.C9H12O2/c1-10(2)11(14)15-13(6,7)9-8-12(3,4)5;1-9(2)7-8-12(5,6)14-11(13)10(3)4;1-6-7-8-11(4,5)13-10(12)9(2)3;1-6-7-10(4,5)12-9(11)8(2)3;1-5-7-9(3,4)11-8(10)6-2/h1H2,2-7H3;9H,3H2,1-2,4-6H3;2,6H2,1,3-5H3;2H2,1,3-5H3;6H,2H2,1,3-4H3. The van der Waals surface area contributed by atoms with Crippen molar-refractivity contribution in [2.75, 3.05) is 0 Å². The molecule has 0 N–H and O–H groups in total. The van der Waals surface area contributed by atoms with Gasteiger partial charge in [0.25, 0.3) is 0 Å². The van der Waals surface area contributed by atoms with Crippen molar-refractivity contribution in [2.24, 2.45) is 11.3 Å². The first kappa shape index (κ1) is 67.9. The van der Waals surface area contributed by atoms with Crippen LogP contribution in [0.2, 0.25) is 0 Å². The third-order valence-electron chi connectivity index (χ3n) is 6.13. The maximum atomic E-state index is 11.3. The molecule has 10 nitrogen and oxygen atoms in total. The van der Waals surface area contributed by atoms with E-state index in [-0.39, 0.29) is 11.3 Å². The van der Waals surface area contributed by atoms with Crippen LogP contribution in [0.3, 0.4) is 0 Å². The van der Waals surface area contributed by atoms with E-state index in [4.69, 9.17) is 23.7 Å². The van der Waals surface area contributed by atoms with Crippen LogP contribution in [0.4, 0.5) is 0 Å². The third kappa shape index (κ3) is 45.7. The summed E-state index contributed by atoms with van der Waals surface area (Å²) in [6, 6.07) is 0. The molecular formula is C55H80O10. The molecule has 0 rings (SSSR count). The fraction of sp³-hybridized carbons (Fsp3) is 0.545. The molecule has 65 heavy (non-hydrogen) atoms. The van der Waals surface area contributed by atoms with Gasteiger partial charge in [-0.2, -0.15) is 0 Å². The lowest BCUT2D eigenvalue weighted by atomic mass is 9.96. The predicted octanol–water partition coefficient (Wildman–Crippen LogP) is 11.2. The molecule has 0 spiro atoms. The van der Waals surface area contributed by atoms with Crippen LogP contribution in [0.25, 0.3) is 0 Å². The van der Waals surface area contributed by atoms with Crippen molar-refractivity contribution in [1.82, 2.24) is 0 Å². The minimum atomic E-state index is -0.761. The van der Waals surface area contributed by atoms with Gasteiger partial charge in [-0.3, -0.25) is 0 Å². The number of rotatable bonds is 10. The van der Waals surface area contributed by atoms with E-state index < -0.39 is 57.9 Å². The van der Waals surface area contributed by atoms with Gasteiger partial charge in [-0.1, -0.05) is 101 Å². The molecule has 0 aromatic carbocycles. The van der Waals surface area contributed by atoms with Gasteiger partial charge >= 0.3 is 29.8 Å². The lowest BCUT2D eigenvalue weighted by molar-refractivity contribution is -0.147. The lowest BCUT2D eigenvalue weighted by Crippen LogP contribution is -2.27. The van der Waals surface area contributed by atoms with E-state index in [1.807, 2.05) is 41.5 Å². The number of esters is 5. The van der Waals surface area contributed by atoms with Gasteiger partial charge in [0.1, 0.15) is 0 Å². The maximum absolute atomic E-state index is 11.3. The van der Waals surface area contributed by atoms with Crippen LogP contribution in [-0.2, 0) is 47.7 Å². The number of ether oxygens (including phenoxy) is 5. The van der Waals surface area contributed by atoms with E-state index in [0.717, 1.165) is 12.5 Å². The summed E-state index contributed by atoms with van der Waals surface area (Å²) in [7, 11) is 0. The van der Waals surface area contributed by atoms with Gasteiger partial charge in [0.15, 0.2) is 28.0 Å². The van der Waals surface area contributed by atoms with Gasteiger partial charge < -0.3 is 23.7 Å². The second-order valence-electron chi connectivity index (χ2n) is 18.2. The van der Waals surface area contributed by atoms with Crippen LogP contribution in [-0.4, -0.2) is 57.9 Å². The predicted molar refractivity (Wildman–Crippen MR) is 265 cm³/mol. The molecule has 0 heterocycles. The normalized spacial score (nSPS) is 10.2. The molecule has 0 aromatic rings. The zero-order valence-corrected chi connectivity index (χ0v) is 44.0. The summed E-state index contributed by atoms with van der Waals surface area (Å²) in [6.07, 6.45) is 1.88. The van der Waals surface area contributed by atoms with Crippen molar-refractivity contribution in [2.45, 2.75) is 187 Å². The van der Waals surface area contributed by atoms with Crippen molar-refractivity contribution in [3.63, 3.8) is 0 Å². The first-order chi connectivity index (χ1) is 29.1. The highest BCUT2D eigenvalue weighted by Gasteiger charge is 2.23. The number of hydrogen-bond acceptors (Lipinski definition) is 10. The molecule has 0 radical (unpaired) electrons. The first-order valence-corrected chi connectivity index (χ1v) is 20.9. The molecule has 0 atom stereocenters. The highest BCUT2D eigenvalue weighted by Crippen LogP contribution is 2.16. The SMILES string of the molecule is C=C(C)C(=O)OC(C)(C)C#CC.C=C(C)C(=O)OC(C)(C)C#CC(C)(C)C.C=C(C)C(=O)OC(C)(C)C#CC(C)C.C=C(C)C(=O)OC(C)(C)C#CCC.C=CC(=O)OC(C)(C)C#CC. The average molecular weight is 901 g/mol. The quantitative estimate of drug-likeness (QED) is 0.0903. The van der Waals surface area contributed by atoms with Crippen LogP contribution in [0, 0.1) is 70.5 Å². The van der Waals surface area contributed by atoms with E-state index in [2.05, 4.69) is 92.1 Å². The fourth-order valence-electron chi connectivity index (χ4n) is 3.26. The van der Waals surface area contributed by atoms with Gasteiger partial charge in [0.05, 0.1) is 0 Å². The van der Waals surface area contributed by atoms with Crippen molar-refractivity contribution < 1.29 is 47.7 Å². The minimum absolute atomic E-state index is 0.0904. The Balaban J connectivity index is -0.000000232. The molecule has 0 amide bonds. The Morgan fingerprint density at radius 3 is 1.00 bits per heavy atom. The molecule has 0 aliphatic carbocycles. The Kier molecular flexibility index (Phi) is 33.1. The summed E-state index contributed by atoms with van der Waals surface area (Å²) in [5.74, 6) is 26.8.